The quantitative estimate of drug-likeness (QED) is 0.671. The molecule has 0 saturated carbocycles. The smallest absolute Gasteiger partial charge is 0.257 e. The number of hydrogen-bond acceptors (Lipinski definition) is 4. The van der Waals surface area contributed by atoms with E-state index in [2.05, 4.69) is 16.0 Å². The van der Waals surface area contributed by atoms with Crippen molar-refractivity contribution in [2.75, 3.05) is 25.5 Å². The largest absolute Gasteiger partial charge is 0.484 e. The van der Waals surface area contributed by atoms with Crippen molar-refractivity contribution < 1.29 is 14.3 Å². The molecule has 6 heteroatoms. The standard InChI is InChI=1S/C15H23N3O3/c1-4-17-11(2)8-14(19)18-12-6-5-7-13(9-12)21-10-15(20)16-3/h5-7,9,11,17H,4,8,10H2,1-3H3,(H,16,20)(H,18,19). The Morgan fingerprint density at radius 3 is 2.71 bits per heavy atom. The maximum Gasteiger partial charge on any atom is 0.257 e. The van der Waals surface area contributed by atoms with Gasteiger partial charge in [0.15, 0.2) is 6.61 Å². The molecule has 1 atom stereocenters. The second-order valence-electron chi connectivity index (χ2n) is 4.70. The second kappa shape index (κ2) is 8.97. The Morgan fingerprint density at radius 2 is 2.05 bits per heavy atom. The zero-order valence-electron chi connectivity index (χ0n) is 12.7. The average molecular weight is 293 g/mol. The van der Waals surface area contributed by atoms with Crippen LogP contribution in [-0.2, 0) is 9.59 Å². The predicted octanol–water partition coefficient (Wildman–Crippen LogP) is 1.14. The lowest BCUT2D eigenvalue weighted by Gasteiger charge is -2.12. The minimum Gasteiger partial charge on any atom is -0.484 e. The van der Waals surface area contributed by atoms with Crippen LogP contribution >= 0.6 is 0 Å². The van der Waals surface area contributed by atoms with Gasteiger partial charge in [-0.1, -0.05) is 13.0 Å². The average Bonchev–Trinajstić information content (AvgIpc) is 2.45. The highest BCUT2D eigenvalue weighted by Crippen LogP contribution is 2.17. The van der Waals surface area contributed by atoms with E-state index in [1.165, 1.54) is 0 Å². The van der Waals surface area contributed by atoms with Crippen LogP contribution in [0, 0.1) is 0 Å². The number of anilines is 1. The molecular formula is C15H23N3O3. The molecule has 0 aliphatic carbocycles. The van der Waals surface area contributed by atoms with E-state index in [-0.39, 0.29) is 24.5 Å². The monoisotopic (exact) mass is 293 g/mol. The number of carbonyl (C=O) groups excluding carboxylic acids is 2. The third kappa shape index (κ3) is 6.76. The molecule has 0 radical (unpaired) electrons. The van der Waals surface area contributed by atoms with Crippen molar-refractivity contribution in [1.29, 1.82) is 0 Å². The van der Waals surface area contributed by atoms with Crippen LogP contribution in [0.25, 0.3) is 0 Å². The molecular weight excluding hydrogens is 270 g/mol. The number of carbonyl (C=O) groups is 2. The summed E-state index contributed by atoms with van der Waals surface area (Å²) in [5, 5.41) is 8.47. The summed E-state index contributed by atoms with van der Waals surface area (Å²) in [6, 6.07) is 7.10. The molecule has 0 heterocycles. The van der Waals surface area contributed by atoms with Gasteiger partial charge >= 0.3 is 0 Å². The molecule has 1 aromatic carbocycles. The summed E-state index contributed by atoms with van der Waals surface area (Å²) >= 11 is 0. The van der Waals surface area contributed by atoms with Crippen molar-refractivity contribution in [3.8, 4) is 5.75 Å². The number of likely N-dealkylation sites (N-methyl/N-ethyl adjacent to an activating group) is 1. The Hall–Kier alpha value is -2.08. The zero-order chi connectivity index (χ0) is 15.7. The van der Waals surface area contributed by atoms with E-state index in [9.17, 15) is 9.59 Å². The van der Waals surface area contributed by atoms with Crippen molar-refractivity contribution in [2.24, 2.45) is 0 Å². The van der Waals surface area contributed by atoms with Crippen LogP contribution in [-0.4, -0.2) is 38.1 Å². The Labute approximate surface area is 125 Å². The van der Waals surface area contributed by atoms with Gasteiger partial charge in [0.25, 0.3) is 5.91 Å². The molecule has 0 aromatic heterocycles. The third-order valence-electron chi connectivity index (χ3n) is 2.81. The van der Waals surface area contributed by atoms with Crippen LogP contribution < -0.4 is 20.7 Å². The first kappa shape index (κ1) is 17.0. The topological polar surface area (TPSA) is 79.5 Å². The maximum absolute atomic E-state index is 11.9. The fourth-order valence-electron chi connectivity index (χ4n) is 1.80. The van der Waals surface area contributed by atoms with E-state index in [4.69, 9.17) is 4.74 Å². The summed E-state index contributed by atoms with van der Waals surface area (Å²) in [5.41, 5.74) is 0.651. The first-order valence-electron chi connectivity index (χ1n) is 7.01. The lowest BCUT2D eigenvalue weighted by molar-refractivity contribution is -0.122. The first-order chi connectivity index (χ1) is 10.0. The summed E-state index contributed by atoms with van der Waals surface area (Å²) in [5.74, 6) is 0.270. The molecule has 0 aliphatic rings. The number of benzene rings is 1. The van der Waals surface area contributed by atoms with Gasteiger partial charge in [0.2, 0.25) is 5.91 Å². The highest BCUT2D eigenvalue weighted by Gasteiger charge is 2.08. The summed E-state index contributed by atoms with van der Waals surface area (Å²) in [6.07, 6.45) is 0.400. The fourth-order valence-corrected chi connectivity index (χ4v) is 1.80. The molecule has 0 spiro atoms. The lowest BCUT2D eigenvalue weighted by atomic mass is 10.2. The van der Waals surface area contributed by atoms with Gasteiger partial charge < -0.3 is 20.7 Å². The van der Waals surface area contributed by atoms with Crippen molar-refractivity contribution in [3.05, 3.63) is 24.3 Å². The molecule has 6 nitrogen and oxygen atoms in total. The SMILES string of the molecule is CCNC(C)CC(=O)Nc1cccc(OCC(=O)NC)c1. The molecule has 0 fully saturated rings. The number of rotatable bonds is 8. The van der Waals surface area contributed by atoms with Gasteiger partial charge in [-0.3, -0.25) is 9.59 Å². The molecule has 1 unspecified atom stereocenters. The van der Waals surface area contributed by atoms with Crippen LogP contribution in [0.2, 0.25) is 0 Å². The van der Waals surface area contributed by atoms with Gasteiger partial charge in [0, 0.05) is 31.3 Å². The van der Waals surface area contributed by atoms with Crippen molar-refractivity contribution in [3.63, 3.8) is 0 Å². The molecule has 21 heavy (non-hydrogen) atoms. The third-order valence-corrected chi connectivity index (χ3v) is 2.81. The van der Waals surface area contributed by atoms with E-state index in [1.807, 2.05) is 13.8 Å². The van der Waals surface area contributed by atoms with Crippen molar-refractivity contribution in [2.45, 2.75) is 26.3 Å². The van der Waals surface area contributed by atoms with E-state index in [1.54, 1.807) is 31.3 Å². The zero-order valence-corrected chi connectivity index (χ0v) is 12.7. The fraction of sp³-hybridized carbons (Fsp3) is 0.467. The van der Waals surface area contributed by atoms with Gasteiger partial charge in [0.05, 0.1) is 0 Å². The molecule has 0 aliphatic heterocycles. The van der Waals surface area contributed by atoms with Crippen molar-refractivity contribution in [1.82, 2.24) is 10.6 Å². The Bertz CT molecular complexity index is 477. The minimum atomic E-state index is -0.205. The second-order valence-corrected chi connectivity index (χ2v) is 4.70. The Kier molecular flexibility index (Phi) is 7.25. The number of amides is 2. The number of nitrogens with one attached hydrogen (secondary N) is 3. The Morgan fingerprint density at radius 1 is 1.29 bits per heavy atom. The lowest BCUT2D eigenvalue weighted by Crippen LogP contribution is -2.30. The normalized spacial score (nSPS) is 11.6. The molecule has 3 N–H and O–H groups in total. The van der Waals surface area contributed by atoms with Gasteiger partial charge in [-0.25, -0.2) is 0 Å². The molecule has 1 aromatic rings. The van der Waals surface area contributed by atoms with Crippen molar-refractivity contribution >= 4 is 17.5 Å². The molecule has 0 saturated heterocycles. The van der Waals surface area contributed by atoms with Crippen LogP contribution in [0.3, 0.4) is 0 Å². The highest BCUT2D eigenvalue weighted by molar-refractivity contribution is 5.91. The van der Waals surface area contributed by atoms with E-state index >= 15 is 0 Å². The van der Waals surface area contributed by atoms with Crippen LogP contribution in [0.4, 0.5) is 5.69 Å². The first-order valence-corrected chi connectivity index (χ1v) is 7.01. The molecule has 116 valence electrons. The van der Waals surface area contributed by atoms with Gasteiger partial charge in [-0.2, -0.15) is 0 Å². The van der Waals surface area contributed by atoms with Gasteiger partial charge in [0.1, 0.15) is 5.75 Å². The van der Waals surface area contributed by atoms with Crippen LogP contribution in [0.1, 0.15) is 20.3 Å². The van der Waals surface area contributed by atoms with E-state index in [0.717, 1.165) is 6.54 Å². The van der Waals surface area contributed by atoms with Crippen LogP contribution in [0.5, 0.6) is 5.75 Å². The van der Waals surface area contributed by atoms with Crippen LogP contribution in [0.15, 0.2) is 24.3 Å². The predicted molar refractivity (Wildman–Crippen MR) is 82.4 cm³/mol. The Balaban J connectivity index is 2.52. The van der Waals surface area contributed by atoms with Gasteiger partial charge in [-0.15, -0.1) is 0 Å². The molecule has 2 amide bonds. The summed E-state index contributed by atoms with van der Waals surface area (Å²) in [6.45, 7) is 4.75. The number of ether oxygens (including phenoxy) is 1. The van der Waals surface area contributed by atoms with E-state index in [0.29, 0.717) is 17.9 Å². The molecule has 0 bridgehead atoms. The van der Waals surface area contributed by atoms with E-state index < -0.39 is 0 Å². The summed E-state index contributed by atoms with van der Waals surface area (Å²) in [4.78, 5) is 23.0. The number of hydrogen-bond donors (Lipinski definition) is 3. The highest BCUT2D eigenvalue weighted by atomic mass is 16.5. The molecule has 1 rings (SSSR count). The maximum atomic E-state index is 11.9. The minimum absolute atomic E-state index is 0.0502. The summed E-state index contributed by atoms with van der Waals surface area (Å²) < 4.78 is 5.32. The van der Waals surface area contributed by atoms with Gasteiger partial charge in [-0.05, 0) is 25.6 Å². The summed E-state index contributed by atoms with van der Waals surface area (Å²) in [7, 11) is 1.55.